The summed E-state index contributed by atoms with van der Waals surface area (Å²) in [6, 6.07) is 0. The van der Waals surface area contributed by atoms with Gasteiger partial charge in [0.05, 0.1) is 18.1 Å². The van der Waals surface area contributed by atoms with Gasteiger partial charge in [-0.1, -0.05) is 0 Å². The molecule has 0 unspecified atom stereocenters. The van der Waals surface area contributed by atoms with Gasteiger partial charge in [-0.05, 0) is 20.8 Å². The van der Waals surface area contributed by atoms with E-state index in [1.165, 1.54) is 0 Å². The molecule has 1 fully saturated rings. The smallest absolute Gasteiger partial charge is 0.410 e. The molecule has 1 aliphatic heterocycles. The van der Waals surface area contributed by atoms with Gasteiger partial charge in [0.15, 0.2) is 0 Å². The standard InChI is InChI=1S/C14H23N5O2/c1-14(2,3)21-13(20)19-6-4-18(5-7-19)12-10-16-11(8-15)9-17-12/h9-10H,4-8,15H2,1-3H3. The highest BCUT2D eigenvalue weighted by Gasteiger charge is 2.26. The summed E-state index contributed by atoms with van der Waals surface area (Å²) >= 11 is 0. The Balaban J connectivity index is 1.89. The molecule has 1 saturated heterocycles. The third-order valence-electron chi connectivity index (χ3n) is 3.16. The van der Waals surface area contributed by atoms with Crippen molar-refractivity contribution >= 4 is 11.9 Å². The second-order valence-corrected chi connectivity index (χ2v) is 6.02. The van der Waals surface area contributed by atoms with E-state index in [0.717, 1.165) is 24.6 Å². The molecule has 7 heteroatoms. The van der Waals surface area contributed by atoms with Crippen LogP contribution in [0.15, 0.2) is 12.4 Å². The average molecular weight is 293 g/mol. The van der Waals surface area contributed by atoms with Gasteiger partial charge >= 0.3 is 6.09 Å². The first-order valence-electron chi connectivity index (χ1n) is 7.13. The van der Waals surface area contributed by atoms with Crippen LogP contribution in [0.5, 0.6) is 0 Å². The summed E-state index contributed by atoms with van der Waals surface area (Å²) in [7, 11) is 0. The SMILES string of the molecule is CC(C)(C)OC(=O)N1CCN(c2cnc(CN)cn2)CC1. The molecular formula is C14H23N5O2. The third-order valence-corrected chi connectivity index (χ3v) is 3.16. The fourth-order valence-electron chi connectivity index (χ4n) is 2.06. The zero-order valence-electron chi connectivity index (χ0n) is 12.9. The highest BCUT2D eigenvalue weighted by molar-refractivity contribution is 5.68. The summed E-state index contributed by atoms with van der Waals surface area (Å²) in [6.45, 7) is 8.68. The van der Waals surface area contributed by atoms with Crippen molar-refractivity contribution in [3.63, 3.8) is 0 Å². The van der Waals surface area contributed by atoms with Crippen molar-refractivity contribution in [1.82, 2.24) is 14.9 Å². The molecule has 7 nitrogen and oxygen atoms in total. The van der Waals surface area contributed by atoms with E-state index in [-0.39, 0.29) is 6.09 Å². The Morgan fingerprint density at radius 3 is 2.38 bits per heavy atom. The number of aromatic nitrogens is 2. The quantitative estimate of drug-likeness (QED) is 0.875. The Labute approximate surface area is 125 Å². The van der Waals surface area contributed by atoms with Gasteiger partial charge in [0.1, 0.15) is 11.4 Å². The summed E-state index contributed by atoms with van der Waals surface area (Å²) < 4.78 is 5.38. The molecule has 1 aromatic rings. The lowest BCUT2D eigenvalue weighted by Gasteiger charge is -2.36. The molecule has 1 amide bonds. The maximum Gasteiger partial charge on any atom is 0.410 e. The van der Waals surface area contributed by atoms with E-state index in [0.29, 0.717) is 19.6 Å². The number of ether oxygens (including phenoxy) is 1. The maximum absolute atomic E-state index is 12.0. The van der Waals surface area contributed by atoms with Crippen molar-refractivity contribution in [1.29, 1.82) is 0 Å². The number of nitrogens with two attached hydrogens (primary N) is 1. The minimum atomic E-state index is -0.461. The van der Waals surface area contributed by atoms with Gasteiger partial charge in [0, 0.05) is 32.7 Å². The second kappa shape index (κ2) is 6.26. The minimum Gasteiger partial charge on any atom is -0.444 e. The Morgan fingerprint density at radius 1 is 1.24 bits per heavy atom. The summed E-state index contributed by atoms with van der Waals surface area (Å²) in [5.74, 6) is 0.816. The lowest BCUT2D eigenvalue weighted by molar-refractivity contribution is 0.0240. The van der Waals surface area contributed by atoms with Gasteiger partial charge in [-0.2, -0.15) is 0 Å². The largest absolute Gasteiger partial charge is 0.444 e. The predicted molar refractivity (Wildman–Crippen MR) is 79.9 cm³/mol. The first-order chi connectivity index (χ1) is 9.89. The van der Waals surface area contributed by atoms with E-state index in [4.69, 9.17) is 10.5 Å². The molecule has 2 rings (SSSR count). The van der Waals surface area contributed by atoms with Gasteiger partial charge in [0.25, 0.3) is 0 Å². The van der Waals surface area contributed by atoms with Crippen molar-refractivity contribution in [3.05, 3.63) is 18.1 Å². The van der Waals surface area contributed by atoms with E-state index in [9.17, 15) is 4.79 Å². The molecule has 0 aliphatic carbocycles. The van der Waals surface area contributed by atoms with Crippen LogP contribution in [0.3, 0.4) is 0 Å². The normalized spacial score (nSPS) is 16.0. The van der Waals surface area contributed by atoms with Crippen molar-refractivity contribution in [2.75, 3.05) is 31.1 Å². The molecule has 1 aromatic heterocycles. The molecule has 21 heavy (non-hydrogen) atoms. The van der Waals surface area contributed by atoms with Crippen LogP contribution in [0, 0.1) is 0 Å². The monoisotopic (exact) mass is 293 g/mol. The molecule has 2 N–H and O–H groups in total. The van der Waals surface area contributed by atoms with E-state index in [1.54, 1.807) is 17.3 Å². The van der Waals surface area contributed by atoms with Gasteiger partial charge in [-0.15, -0.1) is 0 Å². The first kappa shape index (κ1) is 15.5. The zero-order chi connectivity index (χ0) is 15.5. The van der Waals surface area contributed by atoms with E-state index < -0.39 is 5.60 Å². The molecule has 1 aliphatic rings. The maximum atomic E-state index is 12.0. The number of hydrogen-bond donors (Lipinski definition) is 1. The van der Waals surface area contributed by atoms with E-state index >= 15 is 0 Å². The summed E-state index contributed by atoms with van der Waals surface area (Å²) in [5.41, 5.74) is 5.82. The van der Waals surface area contributed by atoms with E-state index in [2.05, 4.69) is 14.9 Å². The number of nitrogens with zero attached hydrogens (tertiary/aromatic N) is 4. The number of anilines is 1. The van der Waals surface area contributed by atoms with Gasteiger partial charge in [-0.3, -0.25) is 4.98 Å². The number of hydrogen-bond acceptors (Lipinski definition) is 6. The van der Waals surface area contributed by atoms with Crippen LogP contribution in [0.25, 0.3) is 0 Å². The molecule has 0 saturated carbocycles. The van der Waals surface area contributed by atoms with Gasteiger partial charge in [-0.25, -0.2) is 9.78 Å². The zero-order valence-corrected chi connectivity index (χ0v) is 12.9. The summed E-state index contributed by atoms with van der Waals surface area (Å²) in [5, 5.41) is 0. The lowest BCUT2D eigenvalue weighted by atomic mass is 10.2. The van der Waals surface area contributed by atoms with Crippen LogP contribution in [0.4, 0.5) is 10.6 Å². The first-order valence-corrected chi connectivity index (χ1v) is 7.13. The van der Waals surface area contributed by atoms with Crippen LogP contribution >= 0.6 is 0 Å². The van der Waals surface area contributed by atoms with Crippen molar-refractivity contribution < 1.29 is 9.53 Å². The Morgan fingerprint density at radius 2 is 1.90 bits per heavy atom. The number of piperazine rings is 1. The molecule has 0 atom stereocenters. The average Bonchev–Trinajstić information content (AvgIpc) is 2.46. The molecular weight excluding hydrogens is 270 g/mol. The van der Waals surface area contributed by atoms with Crippen LogP contribution in [0.1, 0.15) is 26.5 Å². The fraction of sp³-hybridized carbons (Fsp3) is 0.643. The highest BCUT2D eigenvalue weighted by Crippen LogP contribution is 2.15. The lowest BCUT2D eigenvalue weighted by Crippen LogP contribution is -2.50. The topological polar surface area (TPSA) is 84.6 Å². The van der Waals surface area contributed by atoms with Crippen molar-refractivity contribution in [2.24, 2.45) is 5.73 Å². The molecule has 0 aromatic carbocycles. The fourth-order valence-corrected chi connectivity index (χ4v) is 2.06. The molecule has 0 spiro atoms. The van der Waals surface area contributed by atoms with Gasteiger partial charge in [0.2, 0.25) is 0 Å². The van der Waals surface area contributed by atoms with Crippen molar-refractivity contribution in [3.8, 4) is 0 Å². The number of amides is 1. The Kier molecular flexibility index (Phi) is 4.62. The number of carbonyl (C=O) groups is 1. The van der Waals surface area contributed by atoms with Crippen LogP contribution in [-0.4, -0.2) is 52.7 Å². The Bertz CT molecular complexity index is 475. The van der Waals surface area contributed by atoms with E-state index in [1.807, 2.05) is 20.8 Å². The summed E-state index contributed by atoms with van der Waals surface area (Å²) in [6.07, 6.45) is 3.16. The molecule has 2 heterocycles. The predicted octanol–water partition coefficient (Wildman–Crippen LogP) is 0.992. The van der Waals surface area contributed by atoms with Crippen LogP contribution in [0.2, 0.25) is 0 Å². The number of rotatable bonds is 2. The highest BCUT2D eigenvalue weighted by atomic mass is 16.6. The minimum absolute atomic E-state index is 0.258. The molecule has 0 bridgehead atoms. The third kappa shape index (κ3) is 4.29. The van der Waals surface area contributed by atoms with Crippen LogP contribution in [-0.2, 0) is 11.3 Å². The van der Waals surface area contributed by atoms with Crippen molar-refractivity contribution in [2.45, 2.75) is 32.9 Å². The van der Waals surface area contributed by atoms with Gasteiger partial charge < -0.3 is 20.3 Å². The molecule has 116 valence electrons. The molecule has 0 radical (unpaired) electrons. The summed E-state index contributed by atoms with van der Waals surface area (Å²) in [4.78, 5) is 24.4. The van der Waals surface area contributed by atoms with Crippen LogP contribution < -0.4 is 10.6 Å². The Hall–Kier alpha value is -1.89. The number of carbonyl (C=O) groups excluding carboxylic acids is 1. The second-order valence-electron chi connectivity index (χ2n) is 6.02.